The van der Waals surface area contributed by atoms with E-state index in [0.29, 0.717) is 22.2 Å². The lowest BCUT2D eigenvalue weighted by Crippen LogP contribution is -2.15. The number of carbonyl (C=O) groups is 2. The zero-order valence-corrected chi connectivity index (χ0v) is 18.2. The maximum atomic E-state index is 12.3. The highest BCUT2D eigenvalue weighted by Gasteiger charge is 2.18. The van der Waals surface area contributed by atoms with Gasteiger partial charge in [0.1, 0.15) is 5.75 Å². The van der Waals surface area contributed by atoms with Gasteiger partial charge >= 0.3 is 0 Å². The van der Waals surface area contributed by atoms with Crippen molar-refractivity contribution in [1.82, 2.24) is 14.8 Å². The number of nitrogens with one attached hydrogen (secondary N) is 1. The lowest BCUT2D eigenvalue weighted by Gasteiger charge is -2.15. The van der Waals surface area contributed by atoms with Crippen LogP contribution in [-0.4, -0.2) is 32.2 Å². The van der Waals surface area contributed by atoms with Crippen LogP contribution >= 0.6 is 11.8 Å². The van der Waals surface area contributed by atoms with Crippen LogP contribution in [0.1, 0.15) is 41.7 Å². The van der Waals surface area contributed by atoms with E-state index in [-0.39, 0.29) is 23.5 Å². The number of Topliss-reactive ketones (excluding diaryl/α,β-unsaturated/α-hetero) is 1. The molecule has 1 heterocycles. The van der Waals surface area contributed by atoms with E-state index in [1.165, 1.54) is 18.7 Å². The Morgan fingerprint density at radius 1 is 1.17 bits per heavy atom. The Hall–Kier alpha value is -3.13. The highest BCUT2D eigenvalue weighted by molar-refractivity contribution is 7.99. The number of amides is 1. The van der Waals surface area contributed by atoms with E-state index >= 15 is 0 Å². The Morgan fingerprint density at radius 3 is 2.67 bits per heavy atom. The molecule has 1 unspecified atom stereocenters. The van der Waals surface area contributed by atoms with Gasteiger partial charge in [0.15, 0.2) is 22.9 Å². The minimum absolute atomic E-state index is 0.0471. The average molecular weight is 425 g/mol. The van der Waals surface area contributed by atoms with E-state index in [0.717, 1.165) is 11.3 Å². The molecule has 0 saturated heterocycles. The number of para-hydroxylation sites is 1. The summed E-state index contributed by atoms with van der Waals surface area (Å²) in [5.74, 6) is 1.41. The second kappa shape index (κ2) is 9.58. The molecule has 0 aliphatic rings. The Kier molecular flexibility index (Phi) is 6.89. The molecule has 7 nitrogen and oxygen atoms in total. The van der Waals surface area contributed by atoms with Gasteiger partial charge in [-0.3, -0.25) is 9.59 Å². The van der Waals surface area contributed by atoms with Gasteiger partial charge in [0.25, 0.3) is 0 Å². The molecule has 0 bridgehead atoms. The summed E-state index contributed by atoms with van der Waals surface area (Å²) in [5.41, 5.74) is 2.19. The molecular formula is C22H24N4O3S. The summed E-state index contributed by atoms with van der Waals surface area (Å²) in [5, 5.41) is 11.8. The third-order valence-corrected chi connectivity index (χ3v) is 5.53. The number of hydrogen-bond acceptors (Lipinski definition) is 6. The fraction of sp³-hybridized carbons (Fsp3) is 0.273. The number of nitrogens with zero attached hydrogens (tertiary/aromatic N) is 3. The summed E-state index contributed by atoms with van der Waals surface area (Å²) in [6.45, 7) is 5.40. The van der Waals surface area contributed by atoms with Crippen LogP contribution in [0.4, 0.5) is 5.69 Å². The predicted octanol–water partition coefficient (Wildman–Crippen LogP) is 4.20. The smallest absolute Gasteiger partial charge is 0.234 e. The van der Waals surface area contributed by atoms with Crippen LogP contribution in [0.25, 0.3) is 0 Å². The summed E-state index contributed by atoms with van der Waals surface area (Å²) in [6, 6.07) is 14.7. The fourth-order valence-electron chi connectivity index (χ4n) is 2.88. The quantitative estimate of drug-likeness (QED) is 0.431. The average Bonchev–Trinajstić information content (AvgIpc) is 3.09. The van der Waals surface area contributed by atoms with Gasteiger partial charge in [0, 0.05) is 18.3 Å². The molecule has 3 aromatic rings. The van der Waals surface area contributed by atoms with Crippen LogP contribution in [0.15, 0.2) is 53.7 Å². The summed E-state index contributed by atoms with van der Waals surface area (Å²) in [7, 11) is 1.85. The van der Waals surface area contributed by atoms with Crippen LogP contribution in [0.3, 0.4) is 0 Å². The minimum atomic E-state index is -0.291. The fourth-order valence-corrected chi connectivity index (χ4v) is 3.60. The van der Waals surface area contributed by atoms with E-state index in [1.54, 1.807) is 24.3 Å². The predicted molar refractivity (Wildman–Crippen MR) is 117 cm³/mol. The third kappa shape index (κ3) is 5.27. The normalized spacial score (nSPS) is 11.7. The Morgan fingerprint density at radius 2 is 1.93 bits per heavy atom. The summed E-state index contributed by atoms with van der Waals surface area (Å²) in [6.07, 6.45) is -0.291. The molecule has 30 heavy (non-hydrogen) atoms. The SMILES string of the molecule is CC(=O)c1cccc(NC(=O)CSc2nnc(C(C)Oc3ccccc3C)n2C)c1. The van der Waals surface area contributed by atoms with Crippen molar-refractivity contribution < 1.29 is 14.3 Å². The molecule has 1 amide bonds. The molecule has 3 rings (SSSR count). The van der Waals surface area contributed by atoms with Crippen molar-refractivity contribution in [1.29, 1.82) is 0 Å². The summed E-state index contributed by atoms with van der Waals surface area (Å²) in [4.78, 5) is 23.8. The molecule has 156 valence electrons. The zero-order valence-electron chi connectivity index (χ0n) is 17.4. The topological polar surface area (TPSA) is 86.1 Å². The van der Waals surface area contributed by atoms with Gasteiger partial charge in [-0.15, -0.1) is 10.2 Å². The summed E-state index contributed by atoms with van der Waals surface area (Å²) >= 11 is 1.29. The number of carbonyl (C=O) groups excluding carboxylic acids is 2. The van der Waals surface area contributed by atoms with E-state index in [4.69, 9.17) is 4.74 Å². The molecule has 1 atom stereocenters. The monoisotopic (exact) mass is 424 g/mol. The second-order valence-electron chi connectivity index (χ2n) is 6.90. The van der Waals surface area contributed by atoms with Gasteiger partial charge < -0.3 is 14.6 Å². The van der Waals surface area contributed by atoms with Gasteiger partial charge in [-0.25, -0.2) is 0 Å². The van der Waals surface area contributed by atoms with Crippen molar-refractivity contribution >= 4 is 29.1 Å². The Bertz CT molecular complexity index is 1060. The summed E-state index contributed by atoms with van der Waals surface area (Å²) < 4.78 is 7.85. The lowest BCUT2D eigenvalue weighted by atomic mass is 10.1. The molecule has 0 radical (unpaired) electrons. The molecule has 1 N–H and O–H groups in total. The highest BCUT2D eigenvalue weighted by atomic mass is 32.2. The molecule has 8 heteroatoms. The first-order valence-corrected chi connectivity index (χ1v) is 10.5. The number of aromatic nitrogens is 3. The molecule has 0 aliphatic heterocycles. The largest absolute Gasteiger partial charge is 0.482 e. The molecular weight excluding hydrogens is 400 g/mol. The maximum Gasteiger partial charge on any atom is 0.234 e. The van der Waals surface area contributed by atoms with Crippen LogP contribution in [-0.2, 0) is 11.8 Å². The third-order valence-electron chi connectivity index (χ3n) is 4.51. The number of benzene rings is 2. The number of anilines is 1. The number of hydrogen-bond donors (Lipinski definition) is 1. The van der Waals surface area contributed by atoms with Crippen molar-refractivity contribution in [2.24, 2.45) is 7.05 Å². The Labute approximate surface area is 179 Å². The number of ketones is 1. The van der Waals surface area contributed by atoms with Gasteiger partial charge in [-0.2, -0.15) is 0 Å². The lowest BCUT2D eigenvalue weighted by molar-refractivity contribution is -0.113. The van der Waals surface area contributed by atoms with Crippen molar-refractivity contribution in [3.8, 4) is 5.75 Å². The zero-order chi connectivity index (χ0) is 21.7. The van der Waals surface area contributed by atoms with Crippen LogP contribution in [0.5, 0.6) is 5.75 Å². The van der Waals surface area contributed by atoms with E-state index in [2.05, 4.69) is 15.5 Å². The number of thioether (sulfide) groups is 1. The first-order valence-electron chi connectivity index (χ1n) is 9.50. The van der Waals surface area contributed by atoms with E-state index < -0.39 is 0 Å². The van der Waals surface area contributed by atoms with Crippen LogP contribution in [0, 0.1) is 6.92 Å². The molecule has 1 aromatic heterocycles. The van der Waals surface area contributed by atoms with Crippen molar-refractivity contribution in [3.05, 3.63) is 65.5 Å². The molecule has 0 fully saturated rings. The first-order chi connectivity index (χ1) is 14.3. The first kappa shape index (κ1) is 21.6. The second-order valence-corrected chi connectivity index (χ2v) is 7.84. The maximum absolute atomic E-state index is 12.3. The molecule has 0 spiro atoms. The van der Waals surface area contributed by atoms with Gasteiger partial charge in [0.2, 0.25) is 5.91 Å². The van der Waals surface area contributed by atoms with Crippen molar-refractivity contribution in [2.75, 3.05) is 11.1 Å². The molecule has 0 saturated carbocycles. The van der Waals surface area contributed by atoms with Crippen LogP contribution in [0.2, 0.25) is 0 Å². The number of rotatable bonds is 8. The van der Waals surface area contributed by atoms with Crippen molar-refractivity contribution in [2.45, 2.75) is 32.0 Å². The minimum Gasteiger partial charge on any atom is -0.482 e. The number of ether oxygens (including phenoxy) is 1. The van der Waals surface area contributed by atoms with Gasteiger partial charge in [0.05, 0.1) is 5.75 Å². The standard InChI is InChI=1S/C22H24N4O3S/c1-14-8-5-6-11-19(14)29-16(3)21-24-25-22(26(21)4)30-13-20(28)23-18-10-7-9-17(12-18)15(2)27/h5-12,16H,13H2,1-4H3,(H,23,28). The molecule has 0 aliphatic carbocycles. The van der Waals surface area contributed by atoms with E-state index in [9.17, 15) is 9.59 Å². The van der Waals surface area contributed by atoms with Crippen LogP contribution < -0.4 is 10.1 Å². The highest BCUT2D eigenvalue weighted by Crippen LogP contribution is 2.25. The van der Waals surface area contributed by atoms with Crippen molar-refractivity contribution in [3.63, 3.8) is 0 Å². The number of aryl methyl sites for hydroxylation is 1. The molecule has 2 aromatic carbocycles. The Balaban J connectivity index is 1.59. The van der Waals surface area contributed by atoms with E-state index in [1.807, 2.05) is 49.7 Å². The van der Waals surface area contributed by atoms with Gasteiger partial charge in [-0.05, 0) is 44.5 Å². The van der Waals surface area contributed by atoms with Gasteiger partial charge in [-0.1, -0.05) is 42.1 Å².